The summed E-state index contributed by atoms with van der Waals surface area (Å²) in [5.74, 6) is -1.19. The number of nitrogens with zero attached hydrogens (tertiary/aromatic N) is 1. The molecule has 14 N–H and O–H groups in total. The number of aliphatic hydroxyl groups excluding tert-OH is 1. The monoisotopic (exact) mass is 1790 g/mol. The largest absolute Gasteiger partial charge is 0.399 e. The molecule has 0 aromatic carbocycles. The second-order valence-corrected chi connectivity index (χ2v) is 35.2. The number of unbranched alkanes of at least 4 members (excludes halogenated alkanes) is 1. The molecule has 35 nitrogen and oxygen atoms in total. The molecule has 0 spiro atoms. The summed E-state index contributed by atoms with van der Waals surface area (Å²) in [7, 11) is 6.21. The number of quaternary nitrogens is 1. The lowest BCUT2D eigenvalue weighted by Gasteiger charge is -2.63. The smallest absolute Gasteiger partial charge is 0.312 e. The third kappa shape index (κ3) is 33.2. The Hall–Kier alpha value is -7.42. The van der Waals surface area contributed by atoms with Crippen molar-refractivity contribution in [3.63, 3.8) is 0 Å². The summed E-state index contributed by atoms with van der Waals surface area (Å²) in [6.45, 7) is 14.5. The summed E-state index contributed by atoms with van der Waals surface area (Å²) in [5.41, 5.74) is 5.97. The van der Waals surface area contributed by atoms with Crippen molar-refractivity contribution in [2.75, 3.05) is 186 Å². The number of halogens is 2. The van der Waals surface area contributed by atoms with Crippen molar-refractivity contribution in [2.45, 2.75) is 242 Å². The van der Waals surface area contributed by atoms with Crippen LogP contribution in [0, 0.1) is 40.4 Å². The Morgan fingerprint density at radius 1 is 0.635 bits per heavy atom. The molecule has 126 heavy (non-hydrogen) atoms. The molecule has 0 bridgehead atoms. The van der Waals surface area contributed by atoms with Crippen LogP contribution in [0.4, 0.5) is 13.6 Å². The number of Topliss-reactive ketones (excluding diaryl/α,β-unsaturated/α-hetero) is 1. The van der Waals surface area contributed by atoms with Crippen molar-refractivity contribution in [1.29, 1.82) is 0 Å². The molecule has 1 aliphatic heterocycles. The van der Waals surface area contributed by atoms with E-state index in [9.17, 15) is 48.3 Å². The molecule has 0 aromatic heterocycles. The Kier molecular flexibility index (Phi) is 46.0. The van der Waals surface area contributed by atoms with Gasteiger partial charge >= 0.3 is 6.03 Å². The van der Waals surface area contributed by atoms with Gasteiger partial charge in [0, 0.05) is 67.9 Å². The van der Waals surface area contributed by atoms with E-state index < -0.39 is 142 Å². The van der Waals surface area contributed by atoms with Gasteiger partial charge in [0.2, 0.25) is 41.4 Å². The van der Waals surface area contributed by atoms with Crippen LogP contribution in [-0.2, 0) is 100.0 Å². The van der Waals surface area contributed by atoms with E-state index in [-0.39, 0.29) is 128 Å². The Labute approximate surface area is 741 Å². The molecular weight excluding hydrogens is 1640 g/mol. The molecule has 1 heterocycles. The molecule has 0 aromatic rings. The van der Waals surface area contributed by atoms with Crippen LogP contribution in [0.3, 0.4) is 0 Å². The summed E-state index contributed by atoms with van der Waals surface area (Å²) >= 11 is 0. The van der Waals surface area contributed by atoms with E-state index in [1.54, 1.807) is 20.8 Å². The number of nitrogens with two attached hydrogens (primary N) is 2. The van der Waals surface area contributed by atoms with Crippen LogP contribution in [0.1, 0.15) is 176 Å². The first-order valence-electron chi connectivity index (χ1n) is 45.6. The fraction of sp³-hybridized carbons (Fsp3) is 0.798. The summed E-state index contributed by atoms with van der Waals surface area (Å²) in [6, 6.07) is -4.81. The number of carbonyl (C=O) groups excluding carboxylic acids is 10. The standard InChI is InChI=1S/C89H146F2N12O23/c1-9-21-79-125-74-56-64-65-55-67(90)66-54-62(104)28-31-86(66,4)88(65,91)72(105)57-87(64,5)89(74,126-79)73(106)58-99-82(111)69(26-20-33-98-85(93)114)101-84(113)81(61(2)3)102-83(112)70(100-76(108)30-39-116-43-47-120-51-53-122-49-45-118-41-36-97-77(109)59-123-63-22-14-11-10-12-15-23-63)25-18-19-32-95-78(110)60-124-71-27-17-13-16-24-68(80(71)92)94-35-40-117-44-48-121-52-50-119-46-42-115-38-29-75(107)96-34-37-103(6,7)8/h28,31,54,61,63-65,67,69-72,74,79,81,94,105H,9-14,16-22,24-27,29-30,32-53,55-60,92H2,1-8H3,(H9-,93,95,96,97,98,99,100,101,102,107,108,109,110,111,112,113,114)/p+1/t63?,64-,65-,67-,69-,70+,71?,72-,74+,79?,81-,86-,87-,88-,89+/m0/s1. The number of alkyl halides is 2. The number of carbonyl (C=O) groups is 10. The Balaban J connectivity index is 0.893. The van der Waals surface area contributed by atoms with Crippen LogP contribution in [0.5, 0.6) is 0 Å². The topological polar surface area (TPSA) is 462 Å². The van der Waals surface area contributed by atoms with Crippen LogP contribution in [0.15, 0.2) is 35.2 Å². The summed E-state index contributed by atoms with van der Waals surface area (Å²) < 4.78 is 106. The van der Waals surface area contributed by atoms with E-state index in [1.165, 1.54) is 19.1 Å². The van der Waals surface area contributed by atoms with Crippen molar-refractivity contribution < 1.29 is 123 Å². The Bertz CT molecular complexity index is 3620. The minimum atomic E-state index is -2.47. The molecule has 3 unspecified atom stereocenters. The lowest BCUT2D eigenvalue weighted by atomic mass is 9.44. The van der Waals surface area contributed by atoms with Gasteiger partial charge in [0.05, 0.1) is 170 Å². The van der Waals surface area contributed by atoms with Gasteiger partial charge in [-0.3, -0.25) is 43.2 Å². The third-order valence-corrected chi connectivity index (χ3v) is 24.4. The number of fused-ring (bicyclic) bond motifs is 7. The van der Waals surface area contributed by atoms with Gasteiger partial charge in [-0.15, -0.1) is 5.92 Å². The fourth-order valence-corrected chi connectivity index (χ4v) is 17.6. The van der Waals surface area contributed by atoms with Crippen LogP contribution in [-0.4, -0.2) is 321 Å². The second-order valence-electron chi connectivity index (χ2n) is 35.2. The Morgan fingerprint density at radius 2 is 1.21 bits per heavy atom. The highest BCUT2D eigenvalue weighted by Gasteiger charge is 2.80. The van der Waals surface area contributed by atoms with Gasteiger partial charge in [-0.1, -0.05) is 65.4 Å². The second kappa shape index (κ2) is 54.9. The first kappa shape index (κ1) is 106. The number of allylic oxidation sites excluding steroid dienone is 5. The van der Waals surface area contributed by atoms with Gasteiger partial charge in [-0.2, -0.15) is 0 Å². The zero-order valence-corrected chi connectivity index (χ0v) is 75.7. The van der Waals surface area contributed by atoms with Crippen molar-refractivity contribution in [2.24, 2.45) is 40.1 Å². The van der Waals surface area contributed by atoms with Crippen LogP contribution < -0.4 is 59.3 Å². The third-order valence-electron chi connectivity index (χ3n) is 24.4. The van der Waals surface area contributed by atoms with E-state index in [0.29, 0.717) is 143 Å². The van der Waals surface area contributed by atoms with Gasteiger partial charge in [0.25, 0.3) is 0 Å². The molecule has 0 radical (unpaired) electrons. The number of likely N-dealkylation sites (N-methyl/N-ethyl adjacent to an activating group) is 1. The molecule has 714 valence electrons. The van der Waals surface area contributed by atoms with Crippen molar-refractivity contribution in [3.8, 4) is 11.8 Å². The molecule has 7 rings (SSSR count). The predicted octanol–water partition coefficient (Wildman–Crippen LogP) is 3.04. The predicted molar refractivity (Wildman–Crippen MR) is 461 cm³/mol. The van der Waals surface area contributed by atoms with Gasteiger partial charge in [0.1, 0.15) is 43.6 Å². The summed E-state index contributed by atoms with van der Waals surface area (Å²) in [5, 5.41) is 37.6. The molecular formula is C89H147F2N12O23+. The molecule has 6 aliphatic carbocycles. The Morgan fingerprint density at radius 3 is 1.86 bits per heavy atom. The number of hydrogen-bond acceptors (Lipinski definition) is 25. The summed E-state index contributed by atoms with van der Waals surface area (Å²) in [6.07, 6.45) is 7.37. The van der Waals surface area contributed by atoms with Gasteiger partial charge in [0.15, 0.2) is 29.1 Å². The van der Waals surface area contributed by atoms with E-state index in [0.717, 1.165) is 74.2 Å². The zero-order valence-electron chi connectivity index (χ0n) is 75.7. The maximum absolute atomic E-state index is 18.3. The lowest BCUT2D eigenvalue weighted by Crippen LogP contribution is -2.71. The number of urea groups is 1. The maximum atomic E-state index is 18.3. The number of amides is 9. The number of ketones is 2. The number of ether oxygens (including phenoxy) is 12. The molecule has 7 aliphatic rings. The average Bonchev–Trinajstić information content (AvgIpc) is 1.46. The first-order valence-corrected chi connectivity index (χ1v) is 45.6. The quantitative estimate of drug-likeness (QED) is 0.0236. The van der Waals surface area contributed by atoms with E-state index in [2.05, 4.69) is 80.8 Å². The SMILES string of the molecule is CCCC1O[C@@H]2C[C@H]3[C@@H]4C[C@H](F)C5=CC(=O)C=C[C@]5(C)[C@@]4(F)[C@@H](O)C[C@]3(C)[C@]2(C(=O)CNC(=O)[C@H](CCCNC(N)=O)NC(=O)[C@@H](NC(=O)[C@@H](CCCCNC(=O)COC2CCCCCC(NCCOCCOCCOCCOCCC(=O)NCC[N+](C)(C)C)=C2N)NC(=O)CCOCCOCCOCCOCCNC(=O)COC2C#CCCCCC2)C(C)C)O1. The van der Waals surface area contributed by atoms with Crippen LogP contribution in [0.2, 0.25) is 0 Å². The van der Waals surface area contributed by atoms with E-state index >= 15 is 13.6 Å². The van der Waals surface area contributed by atoms with Crippen LogP contribution >= 0.6 is 0 Å². The highest BCUT2D eigenvalue weighted by Crippen LogP contribution is 2.72. The molecule has 9 amide bonds. The first-order chi connectivity index (χ1) is 60.4. The molecule has 15 atom stereocenters. The highest BCUT2D eigenvalue weighted by molar-refractivity contribution is 6.01. The maximum Gasteiger partial charge on any atom is 0.312 e. The molecule has 4 fully saturated rings. The van der Waals surface area contributed by atoms with Crippen molar-refractivity contribution in [1.82, 2.24) is 47.9 Å². The normalized spacial score (nSPS) is 25.8. The highest BCUT2D eigenvalue weighted by atomic mass is 19.1. The molecule has 1 saturated heterocycles. The van der Waals surface area contributed by atoms with Crippen LogP contribution in [0.25, 0.3) is 0 Å². The van der Waals surface area contributed by atoms with E-state index in [1.807, 2.05) is 6.92 Å². The van der Waals surface area contributed by atoms with Crippen molar-refractivity contribution in [3.05, 3.63) is 35.2 Å². The lowest BCUT2D eigenvalue weighted by molar-refractivity contribution is -0.869. The van der Waals surface area contributed by atoms with Gasteiger partial charge < -0.3 is 126 Å². The number of aliphatic hydroxyl groups is 1. The van der Waals surface area contributed by atoms with Gasteiger partial charge in [-0.25, -0.2) is 13.6 Å². The number of rotatable bonds is 61. The fourth-order valence-electron chi connectivity index (χ4n) is 17.6. The summed E-state index contributed by atoms with van der Waals surface area (Å²) in [4.78, 5) is 135. The minimum absolute atomic E-state index is 0.0232. The number of primary amides is 1. The van der Waals surface area contributed by atoms with Gasteiger partial charge in [-0.05, 0) is 133 Å². The number of hydrogen-bond donors (Lipinski definition) is 12. The molecule has 3 saturated carbocycles. The minimum Gasteiger partial charge on any atom is -0.399 e. The molecule has 37 heteroatoms. The zero-order chi connectivity index (χ0) is 91.6. The average molecular weight is 1790 g/mol. The van der Waals surface area contributed by atoms with E-state index in [4.69, 9.17) is 68.3 Å². The number of nitrogens with one attached hydrogen (secondary N) is 9. The van der Waals surface area contributed by atoms with Crippen molar-refractivity contribution >= 4 is 58.9 Å².